The molecule has 0 bridgehead atoms. The molecule has 0 spiro atoms. The normalized spacial score (nSPS) is 13.6. The number of rotatable bonds is 11. The fourth-order valence-electron chi connectivity index (χ4n) is 1.63. The molecule has 0 aliphatic heterocycles. The van der Waals surface area contributed by atoms with E-state index in [2.05, 4.69) is 38.2 Å². The zero-order valence-corrected chi connectivity index (χ0v) is 12.2. The molecule has 0 amide bonds. The summed E-state index contributed by atoms with van der Waals surface area (Å²) in [5, 5.41) is 3.54. The monoisotopic (exact) mass is 246 g/mol. The van der Waals surface area contributed by atoms with Crippen LogP contribution in [0.4, 0.5) is 0 Å². The zero-order chi connectivity index (χ0) is 13.1. The van der Waals surface area contributed by atoms with Gasteiger partial charge in [0.2, 0.25) is 0 Å². The zero-order valence-electron chi connectivity index (χ0n) is 12.2. The lowest BCUT2D eigenvalue weighted by atomic mass is 10.0. The molecule has 0 aromatic rings. The number of ether oxygens (including phenoxy) is 2. The van der Waals surface area contributed by atoms with Crippen molar-refractivity contribution < 1.29 is 9.47 Å². The van der Waals surface area contributed by atoms with Crippen LogP contribution < -0.4 is 5.32 Å². The van der Waals surface area contributed by atoms with Crippen LogP contribution in [0.25, 0.3) is 0 Å². The molecule has 0 aromatic heterocycles. The lowest BCUT2D eigenvalue weighted by Gasteiger charge is -2.25. The topological polar surface area (TPSA) is 33.7 Å². The van der Waals surface area contributed by atoms with Gasteiger partial charge in [0.1, 0.15) is 0 Å². The Morgan fingerprint density at radius 1 is 1.12 bits per heavy atom. The van der Waals surface area contributed by atoms with E-state index in [1.54, 1.807) is 7.11 Å². The van der Waals surface area contributed by atoms with Gasteiger partial charge in [-0.05, 0) is 26.4 Å². The van der Waals surface area contributed by atoms with Gasteiger partial charge < -0.3 is 19.7 Å². The Bertz CT molecular complexity index is 163. The summed E-state index contributed by atoms with van der Waals surface area (Å²) >= 11 is 0. The molecule has 0 aliphatic carbocycles. The van der Waals surface area contributed by atoms with E-state index in [0.29, 0.717) is 12.0 Å². The van der Waals surface area contributed by atoms with E-state index >= 15 is 0 Å². The third-order valence-corrected chi connectivity index (χ3v) is 2.66. The first kappa shape index (κ1) is 16.8. The van der Waals surface area contributed by atoms with E-state index in [-0.39, 0.29) is 0 Å². The third kappa shape index (κ3) is 10.7. The van der Waals surface area contributed by atoms with Crippen LogP contribution in [-0.4, -0.2) is 65.1 Å². The predicted octanol–water partition coefficient (Wildman–Crippen LogP) is 1.22. The second kappa shape index (κ2) is 11.0. The maximum absolute atomic E-state index is 5.51. The van der Waals surface area contributed by atoms with Crippen molar-refractivity contribution in [3.05, 3.63) is 0 Å². The van der Waals surface area contributed by atoms with Crippen molar-refractivity contribution in [1.29, 1.82) is 0 Å². The summed E-state index contributed by atoms with van der Waals surface area (Å²) in [6, 6.07) is 0.535. The average Bonchev–Trinajstić information content (AvgIpc) is 2.25. The summed E-state index contributed by atoms with van der Waals surface area (Å²) in [6.45, 7) is 8.84. The van der Waals surface area contributed by atoms with E-state index in [9.17, 15) is 0 Å². The van der Waals surface area contributed by atoms with E-state index in [1.165, 1.54) is 0 Å². The van der Waals surface area contributed by atoms with Gasteiger partial charge in [0.25, 0.3) is 0 Å². The average molecular weight is 246 g/mol. The highest BCUT2D eigenvalue weighted by atomic mass is 16.5. The Labute approximate surface area is 107 Å². The van der Waals surface area contributed by atoms with Gasteiger partial charge >= 0.3 is 0 Å². The molecule has 4 nitrogen and oxygen atoms in total. The molecule has 104 valence electrons. The van der Waals surface area contributed by atoms with Gasteiger partial charge in [0.05, 0.1) is 6.61 Å². The van der Waals surface area contributed by atoms with Gasteiger partial charge in [0.15, 0.2) is 0 Å². The van der Waals surface area contributed by atoms with Crippen LogP contribution in [0.15, 0.2) is 0 Å². The minimum atomic E-state index is 0.535. The van der Waals surface area contributed by atoms with E-state index in [1.807, 2.05) is 0 Å². The smallest absolute Gasteiger partial charge is 0.0591 e. The summed E-state index contributed by atoms with van der Waals surface area (Å²) in [5.74, 6) is 0.644. The van der Waals surface area contributed by atoms with Crippen LogP contribution in [0.2, 0.25) is 0 Å². The molecule has 0 rings (SSSR count). The lowest BCUT2D eigenvalue weighted by molar-refractivity contribution is 0.101. The lowest BCUT2D eigenvalue weighted by Crippen LogP contribution is -2.43. The summed E-state index contributed by atoms with van der Waals surface area (Å²) in [5.41, 5.74) is 0. The Morgan fingerprint density at radius 3 is 2.35 bits per heavy atom. The van der Waals surface area contributed by atoms with Crippen LogP contribution in [0.1, 0.15) is 20.3 Å². The maximum atomic E-state index is 5.51. The van der Waals surface area contributed by atoms with Gasteiger partial charge in [-0.25, -0.2) is 0 Å². The fourth-order valence-corrected chi connectivity index (χ4v) is 1.63. The Kier molecular flexibility index (Phi) is 10.9. The molecule has 4 heteroatoms. The maximum Gasteiger partial charge on any atom is 0.0591 e. The molecule has 0 aromatic carbocycles. The minimum Gasteiger partial charge on any atom is -0.385 e. The van der Waals surface area contributed by atoms with Gasteiger partial charge in [-0.1, -0.05) is 13.8 Å². The van der Waals surface area contributed by atoms with Gasteiger partial charge in [0, 0.05) is 39.5 Å². The molecule has 0 saturated carbocycles. The molecule has 17 heavy (non-hydrogen) atoms. The second-order valence-corrected chi connectivity index (χ2v) is 5.03. The molecule has 0 heterocycles. The second-order valence-electron chi connectivity index (χ2n) is 5.03. The van der Waals surface area contributed by atoms with E-state index in [0.717, 1.165) is 39.3 Å². The summed E-state index contributed by atoms with van der Waals surface area (Å²) in [6.07, 6.45) is 0.974. The van der Waals surface area contributed by atoms with E-state index < -0.39 is 0 Å². The third-order valence-electron chi connectivity index (χ3n) is 2.66. The molecular weight excluding hydrogens is 216 g/mol. The molecular formula is C13H30N2O2. The highest BCUT2D eigenvalue weighted by molar-refractivity contribution is 4.72. The predicted molar refractivity (Wildman–Crippen MR) is 72.5 cm³/mol. The molecule has 0 radical (unpaired) electrons. The largest absolute Gasteiger partial charge is 0.385 e. The highest BCUT2D eigenvalue weighted by Crippen LogP contribution is 2.02. The van der Waals surface area contributed by atoms with Crippen LogP contribution >= 0.6 is 0 Å². The van der Waals surface area contributed by atoms with Crippen molar-refractivity contribution in [1.82, 2.24) is 10.2 Å². The van der Waals surface area contributed by atoms with E-state index in [4.69, 9.17) is 9.47 Å². The number of nitrogens with zero attached hydrogens (tertiary/aromatic N) is 1. The van der Waals surface area contributed by atoms with Crippen molar-refractivity contribution in [3.8, 4) is 0 Å². The molecule has 0 aliphatic rings. The van der Waals surface area contributed by atoms with Gasteiger partial charge in [-0.2, -0.15) is 0 Å². The molecule has 0 saturated heterocycles. The standard InChI is InChI=1S/C13H30N2O2/c1-12(2)13(11-15(3)4)14-7-10-17-9-6-8-16-5/h12-14H,6-11H2,1-5H3. The van der Waals surface area contributed by atoms with Crippen molar-refractivity contribution >= 4 is 0 Å². The fraction of sp³-hybridized carbons (Fsp3) is 1.00. The Balaban J connectivity index is 3.48. The van der Waals surface area contributed by atoms with Crippen molar-refractivity contribution in [2.75, 3.05) is 54.1 Å². The number of methoxy groups -OCH3 is 1. The first-order valence-electron chi connectivity index (χ1n) is 6.52. The number of hydrogen-bond acceptors (Lipinski definition) is 4. The van der Waals surface area contributed by atoms with Gasteiger partial charge in [-0.15, -0.1) is 0 Å². The summed E-state index contributed by atoms with van der Waals surface area (Å²) in [4.78, 5) is 2.22. The van der Waals surface area contributed by atoms with Crippen LogP contribution in [0.3, 0.4) is 0 Å². The number of nitrogens with one attached hydrogen (secondary N) is 1. The van der Waals surface area contributed by atoms with Crippen molar-refractivity contribution in [2.45, 2.75) is 26.3 Å². The minimum absolute atomic E-state index is 0.535. The highest BCUT2D eigenvalue weighted by Gasteiger charge is 2.12. The van der Waals surface area contributed by atoms with Crippen molar-refractivity contribution in [3.63, 3.8) is 0 Å². The quantitative estimate of drug-likeness (QED) is 0.556. The first-order chi connectivity index (χ1) is 8.07. The van der Waals surface area contributed by atoms with Crippen LogP contribution in [0.5, 0.6) is 0 Å². The number of hydrogen-bond donors (Lipinski definition) is 1. The summed E-state index contributed by atoms with van der Waals surface area (Å²) in [7, 11) is 5.94. The molecule has 1 unspecified atom stereocenters. The SMILES string of the molecule is COCCCOCCNC(CN(C)C)C(C)C. The van der Waals surface area contributed by atoms with Crippen LogP contribution in [0, 0.1) is 5.92 Å². The Morgan fingerprint density at radius 2 is 1.82 bits per heavy atom. The van der Waals surface area contributed by atoms with Gasteiger partial charge in [-0.3, -0.25) is 0 Å². The number of likely N-dealkylation sites (N-methyl/N-ethyl adjacent to an activating group) is 1. The van der Waals surface area contributed by atoms with Crippen LogP contribution in [-0.2, 0) is 9.47 Å². The first-order valence-corrected chi connectivity index (χ1v) is 6.52. The van der Waals surface area contributed by atoms with Crippen molar-refractivity contribution in [2.24, 2.45) is 5.92 Å². The molecule has 1 atom stereocenters. The molecule has 1 N–H and O–H groups in total. The Hall–Kier alpha value is -0.160. The molecule has 0 fully saturated rings. The summed E-state index contributed by atoms with van der Waals surface area (Å²) < 4.78 is 10.5.